The van der Waals surface area contributed by atoms with Crippen LogP contribution in [0.1, 0.15) is 13.3 Å². The molecule has 0 saturated carbocycles. The molecule has 0 radical (unpaired) electrons. The Bertz CT molecular complexity index is 105. The van der Waals surface area contributed by atoms with Crippen molar-refractivity contribution in [2.45, 2.75) is 19.4 Å². The molecule has 10 heavy (non-hydrogen) atoms. The molecule has 0 aliphatic carbocycles. The molecule has 0 rings (SSSR count). The second kappa shape index (κ2) is 5.20. The molecular weight excluding hydrogens is 134 g/mol. The Balaban J connectivity index is 3.37. The van der Waals surface area contributed by atoms with Crippen molar-refractivity contribution in [2.75, 3.05) is 13.2 Å². The first-order valence-electron chi connectivity index (χ1n) is 3.21. The van der Waals surface area contributed by atoms with E-state index in [1.165, 1.54) is 0 Å². The van der Waals surface area contributed by atoms with Crippen molar-refractivity contribution in [1.82, 2.24) is 5.32 Å². The third kappa shape index (κ3) is 4.29. The first-order chi connectivity index (χ1) is 4.70. The molecule has 0 bridgehead atoms. The van der Waals surface area contributed by atoms with E-state index < -0.39 is 0 Å². The number of aliphatic hydroxyl groups is 2. The van der Waals surface area contributed by atoms with Crippen LogP contribution in [-0.2, 0) is 4.79 Å². The van der Waals surface area contributed by atoms with Gasteiger partial charge in [-0.1, -0.05) is 0 Å². The molecule has 0 aromatic heterocycles. The minimum atomic E-state index is -0.232. The largest absolute Gasteiger partial charge is 0.396 e. The van der Waals surface area contributed by atoms with E-state index in [-0.39, 0.29) is 31.6 Å². The Labute approximate surface area is 59.9 Å². The standard InChI is InChI=1S/C6H13NO3/c1-5(4-9)7-6(10)2-3-8/h5,8-9H,2-4H2,1H3,(H,7,10). The third-order valence-corrected chi connectivity index (χ3v) is 1.02. The second-order valence-corrected chi connectivity index (χ2v) is 2.12. The SMILES string of the molecule is CC(CO)NC(=O)CCO. The zero-order chi connectivity index (χ0) is 7.98. The van der Waals surface area contributed by atoms with Gasteiger partial charge in [0.05, 0.1) is 13.2 Å². The predicted molar refractivity (Wildman–Crippen MR) is 36.4 cm³/mol. The van der Waals surface area contributed by atoms with Crippen molar-refractivity contribution < 1.29 is 15.0 Å². The Morgan fingerprint density at radius 1 is 1.60 bits per heavy atom. The van der Waals surface area contributed by atoms with Gasteiger partial charge in [-0.25, -0.2) is 0 Å². The fraction of sp³-hybridized carbons (Fsp3) is 0.833. The van der Waals surface area contributed by atoms with Crippen molar-refractivity contribution in [3.05, 3.63) is 0 Å². The lowest BCUT2D eigenvalue weighted by molar-refractivity contribution is -0.122. The summed E-state index contributed by atoms with van der Waals surface area (Å²) in [5, 5.41) is 19.3. The number of hydrogen-bond donors (Lipinski definition) is 3. The maximum Gasteiger partial charge on any atom is 0.222 e. The van der Waals surface area contributed by atoms with Gasteiger partial charge in [-0.15, -0.1) is 0 Å². The van der Waals surface area contributed by atoms with E-state index in [4.69, 9.17) is 10.2 Å². The third-order valence-electron chi connectivity index (χ3n) is 1.02. The van der Waals surface area contributed by atoms with E-state index in [1.54, 1.807) is 6.92 Å². The Hall–Kier alpha value is -0.610. The summed E-state index contributed by atoms with van der Waals surface area (Å²) < 4.78 is 0. The van der Waals surface area contributed by atoms with Crippen LogP contribution in [0.5, 0.6) is 0 Å². The number of rotatable bonds is 4. The summed E-state index contributed by atoms with van der Waals surface area (Å²) in [6.07, 6.45) is 0.102. The van der Waals surface area contributed by atoms with Crippen molar-refractivity contribution in [3.63, 3.8) is 0 Å². The van der Waals surface area contributed by atoms with Crippen LogP contribution in [0.25, 0.3) is 0 Å². The molecule has 0 saturated heterocycles. The maximum absolute atomic E-state index is 10.6. The summed E-state index contributed by atoms with van der Waals surface area (Å²) in [5.41, 5.74) is 0. The van der Waals surface area contributed by atoms with Gasteiger partial charge in [0.1, 0.15) is 0 Å². The Morgan fingerprint density at radius 2 is 2.20 bits per heavy atom. The van der Waals surface area contributed by atoms with E-state index in [0.717, 1.165) is 0 Å². The normalized spacial score (nSPS) is 12.7. The lowest BCUT2D eigenvalue weighted by Gasteiger charge is -2.08. The van der Waals surface area contributed by atoms with Gasteiger partial charge in [-0.05, 0) is 6.92 Å². The van der Waals surface area contributed by atoms with Crippen LogP contribution in [0, 0.1) is 0 Å². The highest BCUT2D eigenvalue weighted by atomic mass is 16.3. The van der Waals surface area contributed by atoms with Crippen LogP contribution in [0.2, 0.25) is 0 Å². The lowest BCUT2D eigenvalue weighted by atomic mass is 10.3. The zero-order valence-corrected chi connectivity index (χ0v) is 6.00. The molecule has 0 fully saturated rings. The topological polar surface area (TPSA) is 69.6 Å². The second-order valence-electron chi connectivity index (χ2n) is 2.12. The average Bonchev–Trinajstić information content (AvgIpc) is 1.88. The fourth-order valence-electron chi connectivity index (χ4n) is 0.494. The van der Waals surface area contributed by atoms with Crippen molar-refractivity contribution >= 4 is 5.91 Å². The fourth-order valence-corrected chi connectivity index (χ4v) is 0.494. The molecule has 1 atom stereocenters. The van der Waals surface area contributed by atoms with Crippen molar-refractivity contribution in [1.29, 1.82) is 0 Å². The molecule has 1 amide bonds. The van der Waals surface area contributed by atoms with E-state index in [1.807, 2.05) is 0 Å². The summed E-state index contributed by atoms with van der Waals surface area (Å²) in [5.74, 6) is -0.232. The van der Waals surface area contributed by atoms with Crippen LogP contribution in [-0.4, -0.2) is 35.4 Å². The summed E-state index contributed by atoms with van der Waals surface area (Å²) in [6, 6.07) is -0.223. The molecule has 3 N–H and O–H groups in total. The van der Waals surface area contributed by atoms with Crippen LogP contribution in [0.3, 0.4) is 0 Å². The maximum atomic E-state index is 10.6. The summed E-state index contributed by atoms with van der Waals surface area (Å²) in [4.78, 5) is 10.6. The number of hydrogen-bond acceptors (Lipinski definition) is 3. The molecule has 1 unspecified atom stereocenters. The van der Waals surface area contributed by atoms with Crippen LogP contribution < -0.4 is 5.32 Å². The first kappa shape index (κ1) is 9.39. The van der Waals surface area contributed by atoms with E-state index >= 15 is 0 Å². The summed E-state index contributed by atoms with van der Waals surface area (Å²) in [7, 11) is 0. The minimum Gasteiger partial charge on any atom is -0.396 e. The monoisotopic (exact) mass is 147 g/mol. The van der Waals surface area contributed by atoms with E-state index in [2.05, 4.69) is 5.32 Å². The molecule has 0 aliphatic rings. The van der Waals surface area contributed by atoms with Crippen molar-refractivity contribution in [2.24, 2.45) is 0 Å². The number of amides is 1. The molecule has 0 aliphatic heterocycles. The highest BCUT2D eigenvalue weighted by Crippen LogP contribution is 1.81. The molecule has 0 aromatic rings. The van der Waals surface area contributed by atoms with Gasteiger partial charge in [0.2, 0.25) is 5.91 Å². The zero-order valence-electron chi connectivity index (χ0n) is 6.00. The average molecular weight is 147 g/mol. The van der Waals surface area contributed by atoms with Gasteiger partial charge in [0.25, 0.3) is 0 Å². The van der Waals surface area contributed by atoms with Crippen molar-refractivity contribution in [3.8, 4) is 0 Å². The lowest BCUT2D eigenvalue weighted by Crippen LogP contribution is -2.35. The Morgan fingerprint density at radius 3 is 2.60 bits per heavy atom. The molecule has 4 heteroatoms. The summed E-state index contributed by atoms with van der Waals surface area (Å²) in [6.45, 7) is 1.47. The highest BCUT2D eigenvalue weighted by molar-refractivity contribution is 5.76. The first-order valence-corrected chi connectivity index (χ1v) is 3.21. The molecule has 0 aromatic carbocycles. The van der Waals surface area contributed by atoms with Gasteiger partial charge in [0.15, 0.2) is 0 Å². The molecule has 4 nitrogen and oxygen atoms in total. The van der Waals surface area contributed by atoms with Gasteiger partial charge < -0.3 is 15.5 Å². The van der Waals surface area contributed by atoms with Gasteiger partial charge in [-0.2, -0.15) is 0 Å². The number of nitrogens with one attached hydrogen (secondary N) is 1. The quantitative estimate of drug-likeness (QED) is 0.471. The number of carbonyl (C=O) groups is 1. The van der Waals surface area contributed by atoms with Crippen LogP contribution in [0.15, 0.2) is 0 Å². The number of carbonyl (C=O) groups excluding carboxylic acids is 1. The molecule has 0 spiro atoms. The van der Waals surface area contributed by atoms with Gasteiger partial charge in [0, 0.05) is 12.5 Å². The number of aliphatic hydroxyl groups excluding tert-OH is 2. The molecular formula is C6H13NO3. The van der Waals surface area contributed by atoms with Gasteiger partial charge in [-0.3, -0.25) is 4.79 Å². The van der Waals surface area contributed by atoms with Crippen LogP contribution in [0.4, 0.5) is 0 Å². The van der Waals surface area contributed by atoms with Gasteiger partial charge >= 0.3 is 0 Å². The smallest absolute Gasteiger partial charge is 0.222 e. The van der Waals surface area contributed by atoms with E-state index in [0.29, 0.717) is 0 Å². The molecule has 60 valence electrons. The Kier molecular flexibility index (Phi) is 4.88. The summed E-state index contributed by atoms with van der Waals surface area (Å²) >= 11 is 0. The predicted octanol–water partition coefficient (Wildman–Crippen LogP) is -1.13. The highest BCUT2D eigenvalue weighted by Gasteiger charge is 2.03. The minimum absolute atomic E-state index is 0.0723. The van der Waals surface area contributed by atoms with Crippen LogP contribution >= 0.6 is 0 Å². The van der Waals surface area contributed by atoms with E-state index in [9.17, 15) is 4.79 Å². The molecule has 0 heterocycles.